The summed E-state index contributed by atoms with van der Waals surface area (Å²) in [6, 6.07) is 0. The third kappa shape index (κ3) is 7.78. The molecule has 1 rings (SSSR count). The first-order valence-corrected chi connectivity index (χ1v) is 12.0. The van der Waals surface area contributed by atoms with Crippen LogP contribution < -0.4 is 0 Å². The molecule has 1 aliphatic rings. The van der Waals surface area contributed by atoms with Gasteiger partial charge in [0.05, 0.1) is 38.5 Å². The molecule has 138 valence electrons. The molecule has 1 heterocycles. The van der Waals surface area contributed by atoms with Crippen molar-refractivity contribution in [2.45, 2.75) is 39.5 Å². The molecular formula is C14H32NO6P2+. The van der Waals surface area contributed by atoms with E-state index in [1.807, 2.05) is 0 Å². The second-order valence-corrected chi connectivity index (χ2v) is 10.5. The van der Waals surface area contributed by atoms with Crippen molar-refractivity contribution in [1.82, 2.24) is 0 Å². The number of nitrogens with zero attached hydrogens (tertiary/aromatic N) is 1. The minimum absolute atomic E-state index is 0.112. The summed E-state index contributed by atoms with van der Waals surface area (Å²) in [5.74, 6) is 1.18. The average Bonchev–Trinajstić information content (AvgIpc) is 2.74. The van der Waals surface area contributed by atoms with Crippen molar-refractivity contribution in [2.24, 2.45) is 11.8 Å². The molecule has 9 heteroatoms. The van der Waals surface area contributed by atoms with E-state index in [4.69, 9.17) is 19.6 Å². The quantitative estimate of drug-likeness (QED) is 0.344. The fourth-order valence-electron chi connectivity index (χ4n) is 3.99. The van der Waals surface area contributed by atoms with Crippen LogP contribution in [0.5, 0.6) is 0 Å². The summed E-state index contributed by atoms with van der Waals surface area (Å²) in [7, 11) is -7.97. The molecule has 0 aliphatic carbocycles. The fraction of sp³-hybridized carbons (Fsp3) is 1.00. The van der Waals surface area contributed by atoms with Gasteiger partial charge in [-0.1, -0.05) is 13.8 Å². The van der Waals surface area contributed by atoms with Crippen LogP contribution in [0.3, 0.4) is 0 Å². The molecule has 4 N–H and O–H groups in total. The van der Waals surface area contributed by atoms with Crippen molar-refractivity contribution in [3.8, 4) is 0 Å². The van der Waals surface area contributed by atoms with Crippen molar-refractivity contribution in [3.05, 3.63) is 0 Å². The Morgan fingerprint density at radius 1 is 0.826 bits per heavy atom. The zero-order valence-electron chi connectivity index (χ0n) is 14.2. The van der Waals surface area contributed by atoms with Crippen molar-refractivity contribution >= 4 is 15.2 Å². The maximum absolute atomic E-state index is 11.1. The van der Waals surface area contributed by atoms with E-state index in [0.717, 1.165) is 30.4 Å². The molecule has 2 unspecified atom stereocenters. The highest BCUT2D eigenvalue weighted by atomic mass is 31.2. The van der Waals surface area contributed by atoms with Gasteiger partial charge >= 0.3 is 15.2 Å². The maximum atomic E-state index is 11.1. The predicted molar refractivity (Wildman–Crippen MR) is 90.3 cm³/mol. The maximum Gasteiger partial charge on any atom is 0.325 e. The Labute approximate surface area is 139 Å². The van der Waals surface area contributed by atoms with E-state index >= 15 is 0 Å². The zero-order valence-corrected chi connectivity index (χ0v) is 16.0. The van der Waals surface area contributed by atoms with Crippen LogP contribution >= 0.6 is 15.2 Å². The summed E-state index contributed by atoms with van der Waals surface area (Å²) in [6.07, 6.45) is 2.84. The van der Waals surface area contributed by atoms with Crippen molar-refractivity contribution in [1.29, 1.82) is 0 Å². The second-order valence-electron chi connectivity index (χ2n) is 6.97. The Hall–Kier alpha value is 0.260. The third-order valence-corrected chi connectivity index (χ3v) is 6.92. The van der Waals surface area contributed by atoms with E-state index in [1.54, 1.807) is 0 Å². The number of hydrogen-bond donors (Lipinski definition) is 4. The smallest absolute Gasteiger partial charge is 0.324 e. The van der Waals surface area contributed by atoms with Gasteiger partial charge in [-0.25, -0.2) is 0 Å². The van der Waals surface area contributed by atoms with Gasteiger partial charge in [0.2, 0.25) is 0 Å². The largest absolute Gasteiger partial charge is 0.325 e. The Bertz CT molecular complexity index is 418. The highest BCUT2D eigenvalue weighted by molar-refractivity contribution is 7.52. The van der Waals surface area contributed by atoms with Gasteiger partial charge in [0.15, 0.2) is 0 Å². The third-order valence-electron chi connectivity index (χ3n) is 5.12. The summed E-state index contributed by atoms with van der Waals surface area (Å²) in [4.78, 5) is 36.2. The van der Waals surface area contributed by atoms with Crippen LogP contribution in [0.2, 0.25) is 0 Å². The van der Waals surface area contributed by atoms with E-state index in [2.05, 4.69) is 13.8 Å². The van der Waals surface area contributed by atoms with Crippen molar-refractivity contribution < 1.29 is 33.2 Å². The van der Waals surface area contributed by atoms with Crippen LogP contribution in [0.4, 0.5) is 0 Å². The second kappa shape index (κ2) is 8.57. The Morgan fingerprint density at radius 3 is 1.43 bits per heavy atom. The fourth-order valence-corrected chi connectivity index (χ4v) is 5.10. The van der Waals surface area contributed by atoms with Crippen LogP contribution in [-0.4, -0.2) is 62.6 Å². The molecule has 0 aromatic rings. The molecule has 7 nitrogen and oxygen atoms in total. The lowest BCUT2D eigenvalue weighted by Crippen LogP contribution is -2.48. The summed E-state index contributed by atoms with van der Waals surface area (Å²) < 4.78 is 22.9. The molecule has 1 saturated heterocycles. The predicted octanol–water partition coefficient (Wildman–Crippen LogP) is 2.00. The van der Waals surface area contributed by atoms with E-state index in [-0.39, 0.29) is 12.3 Å². The monoisotopic (exact) mass is 372 g/mol. The van der Waals surface area contributed by atoms with E-state index < -0.39 is 15.2 Å². The molecule has 1 aliphatic heterocycles. The number of rotatable bonds is 10. The number of quaternary nitrogens is 1. The van der Waals surface area contributed by atoms with E-state index in [1.165, 1.54) is 0 Å². The summed E-state index contributed by atoms with van der Waals surface area (Å²) in [5.41, 5.74) is 0. The van der Waals surface area contributed by atoms with Gasteiger partial charge in [-0.05, 0) is 12.8 Å². The number of likely N-dealkylation sites (tertiary alicyclic amines) is 1. The van der Waals surface area contributed by atoms with Crippen LogP contribution in [0.25, 0.3) is 0 Å². The van der Waals surface area contributed by atoms with Crippen LogP contribution in [0.15, 0.2) is 0 Å². The molecule has 23 heavy (non-hydrogen) atoms. The first-order chi connectivity index (χ1) is 10.5. The summed E-state index contributed by atoms with van der Waals surface area (Å²) >= 11 is 0. The lowest BCUT2D eigenvalue weighted by molar-refractivity contribution is -0.919. The first kappa shape index (κ1) is 21.3. The van der Waals surface area contributed by atoms with Gasteiger partial charge in [-0.3, -0.25) is 9.13 Å². The molecule has 0 spiro atoms. The highest BCUT2D eigenvalue weighted by Gasteiger charge is 2.43. The van der Waals surface area contributed by atoms with E-state index in [9.17, 15) is 9.13 Å². The van der Waals surface area contributed by atoms with Crippen molar-refractivity contribution in [3.63, 3.8) is 0 Å². The van der Waals surface area contributed by atoms with Gasteiger partial charge < -0.3 is 24.1 Å². The molecular weight excluding hydrogens is 340 g/mol. The number of hydrogen-bond acceptors (Lipinski definition) is 2. The summed E-state index contributed by atoms with van der Waals surface area (Å²) in [5, 5.41) is 0. The average molecular weight is 372 g/mol. The molecule has 1 fully saturated rings. The minimum atomic E-state index is -3.98. The highest BCUT2D eigenvalue weighted by Crippen LogP contribution is 2.40. The van der Waals surface area contributed by atoms with Gasteiger partial charge in [0, 0.05) is 24.7 Å². The van der Waals surface area contributed by atoms with Gasteiger partial charge in [-0.15, -0.1) is 0 Å². The van der Waals surface area contributed by atoms with Gasteiger partial charge in [0.25, 0.3) is 0 Å². The van der Waals surface area contributed by atoms with Crippen LogP contribution in [0, 0.1) is 11.8 Å². The Balaban J connectivity index is 2.72. The summed E-state index contributed by atoms with van der Waals surface area (Å²) in [6.45, 7) is 7.60. The standard InChI is InChI=1S/C14H31NO6P2/c1-3-13-11-15(12-14(13)4-2,7-5-9-22(16,17)18)8-6-10-23(19,20)21/h13-14H,3-12H2,1-2H3,(H3-,16,17,18,19,20,21)/p+1. The van der Waals surface area contributed by atoms with Crippen molar-refractivity contribution in [2.75, 3.05) is 38.5 Å². The lowest BCUT2D eigenvalue weighted by Gasteiger charge is -2.35. The van der Waals surface area contributed by atoms with Gasteiger partial charge in [-0.2, -0.15) is 0 Å². The van der Waals surface area contributed by atoms with Gasteiger partial charge in [0.1, 0.15) is 0 Å². The molecule has 2 atom stereocenters. The van der Waals surface area contributed by atoms with Crippen LogP contribution in [-0.2, 0) is 9.13 Å². The lowest BCUT2D eigenvalue weighted by atomic mass is 9.92. The first-order valence-electron chi connectivity index (χ1n) is 8.44. The Morgan fingerprint density at radius 2 is 1.17 bits per heavy atom. The topological polar surface area (TPSA) is 115 Å². The van der Waals surface area contributed by atoms with E-state index in [0.29, 0.717) is 37.8 Å². The molecule has 0 radical (unpaired) electrons. The molecule has 0 amide bonds. The normalized spacial score (nSPS) is 25.0. The van der Waals surface area contributed by atoms with Crippen LogP contribution in [0.1, 0.15) is 39.5 Å². The zero-order chi connectivity index (χ0) is 17.7. The molecule has 0 bridgehead atoms. The SMILES string of the molecule is CCC1C[N+](CCCP(=O)(O)O)(CCCP(=O)(O)O)CC1CC. The molecule has 0 aromatic carbocycles. The molecule has 0 saturated carbocycles. The molecule has 0 aromatic heterocycles. The Kier molecular flexibility index (Phi) is 7.94. The minimum Gasteiger partial charge on any atom is -0.324 e.